The monoisotopic (exact) mass is 247 g/mol. The summed E-state index contributed by atoms with van der Waals surface area (Å²) in [7, 11) is 0. The predicted molar refractivity (Wildman–Crippen MR) is 74.7 cm³/mol. The van der Waals surface area contributed by atoms with Gasteiger partial charge in [0.2, 0.25) is 0 Å². The molecule has 1 heterocycles. The molecule has 17 heavy (non-hydrogen) atoms. The normalized spacial score (nSPS) is 11.0. The molecule has 0 bridgehead atoms. The van der Waals surface area contributed by atoms with Crippen LogP contribution in [-0.4, -0.2) is 4.98 Å². The van der Waals surface area contributed by atoms with Crippen LogP contribution in [0, 0.1) is 0 Å². The summed E-state index contributed by atoms with van der Waals surface area (Å²) in [5.41, 5.74) is 3.50. The van der Waals surface area contributed by atoms with Gasteiger partial charge in [-0.1, -0.05) is 56.5 Å². The summed E-state index contributed by atoms with van der Waals surface area (Å²) < 4.78 is 0. The van der Waals surface area contributed by atoms with E-state index in [9.17, 15) is 0 Å². The highest BCUT2D eigenvalue weighted by Crippen LogP contribution is 2.26. The van der Waals surface area contributed by atoms with E-state index in [1.807, 2.05) is 6.07 Å². The average molecular weight is 248 g/mol. The molecule has 0 N–H and O–H groups in total. The van der Waals surface area contributed by atoms with Crippen LogP contribution >= 0.6 is 11.6 Å². The third kappa shape index (κ3) is 2.61. The molecular weight excluding hydrogens is 230 g/mol. The van der Waals surface area contributed by atoms with Crippen molar-refractivity contribution in [2.45, 2.75) is 39.5 Å². The van der Waals surface area contributed by atoms with Crippen LogP contribution in [0.5, 0.6) is 0 Å². The molecule has 2 heteroatoms. The van der Waals surface area contributed by atoms with Gasteiger partial charge in [0.1, 0.15) is 0 Å². The van der Waals surface area contributed by atoms with Crippen molar-refractivity contribution < 1.29 is 0 Å². The van der Waals surface area contributed by atoms with Gasteiger partial charge in [-0.3, -0.25) is 4.98 Å². The Morgan fingerprint density at radius 3 is 2.59 bits per heavy atom. The van der Waals surface area contributed by atoms with Crippen molar-refractivity contribution >= 4 is 22.5 Å². The molecule has 0 aliphatic rings. The SMILES string of the molecule is CCCc1cc(Cl)c2cccc(CCC)c2n1. The maximum Gasteiger partial charge on any atom is 0.0752 e. The minimum atomic E-state index is 0.830. The molecule has 0 amide bonds. The molecule has 1 nitrogen and oxygen atoms in total. The predicted octanol–water partition coefficient (Wildman–Crippen LogP) is 4.79. The first-order chi connectivity index (χ1) is 8.26. The standard InChI is InChI=1S/C15H18ClN/c1-3-6-11-8-5-9-13-14(16)10-12(7-4-2)17-15(11)13/h5,8-10H,3-4,6-7H2,1-2H3. The lowest BCUT2D eigenvalue weighted by Gasteiger charge is -2.08. The number of benzene rings is 1. The van der Waals surface area contributed by atoms with Gasteiger partial charge in [0, 0.05) is 11.1 Å². The van der Waals surface area contributed by atoms with E-state index in [0.29, 0.717) is 0 Å². The smallest absolute Gasteiger partial charge is 0.0752 e. The van der Waals surface area contributed by atoms with Crippen LogP contribution in [0.2, 0.25) is 5.02 Å². The zero-order valence-electron chi connectivity index (χ0n) is 10.5. The molecule has 2 rings (SSSR count). The number of aromatic nitrogens is 1. The van der Waals surface area contributed by atoms with E-state index in [0.717, 1.165) is 47.3 Å². The number of pyridine rings is 1. The second-order valence-electron chi connectivity index (χ2n) is 4.41. The first-order valence-corrected chi connectivity index (χ1v) is 6.71. The van der Waals surface area contributed by atoms with E-state index in [1.54, 1.807) is 0 Å². The molecule has 0 saturated heterocycles. The highest BCUT2D eigenvalue weighted by atomic mass is 35.5. The van der Waals surface area contributed by atoms with Gasteiger partial charge in [0.05, 0.1) is 10.5 Å². The molecule has 2 aromatic rings. The maximum absolute atomic E-state index is 6.33. The van der Waals surface area contributed by atoms with E-state index in [2.05, 4.69) is 32.0 Å². The van der Waals surface area contributed by atoms with Crippen molar-refractivity contribution in [3.8, 4) is 0 Å². The third-order valence-corrected chi connectivity index (χ3v) is 3.26. The van der Waals surface area contributed by atoms with E-state index >= 15 is 0 Å². The van der Waals surface area contributed by atoms with Crippen LogP contribution in [0.3, 0.4) is 0 Å². The Bertz CT molecular complexity index is 520. The number of halogens is 1. The first-order valence-electron chi connectivity index (χ1n) is 6.33. The zero-order chi connectivity index (χ0) is 12.3. The topological polar surface area (TPSA) is 12.9 Å². The van der Waals surface area contributed by atoms with Crippen LogP contribution in [-0.2, 0) is 12.8 Å². The van der Waals surface area contributed by atoms with Crippen molar-refractivity contribution in [3.63, 3.8) is 0 Å². The van der Waals surface area contributed by atoms with Crippen LogP contribution in [0.1, 0.15) is 37.9 Å². The molecule has 0 saturated carbocycles. The fourth-order valence-electron chi connectivity index (χ4n) is 2.17. The molecule has 1 aromatic carbocycles. The number of hydrogen-bond donors (Lipinski definition) is 0. The Balaban J connectivity index is 2.60. The van der Waals surface area contributed by atoms with Crippen molar-refractivity contribution in [1.82, 2.24) is 4.98 Å². The van der Waals surface area contributed by atoms with Crippen LogP contribution < -0.4 is 0 Å². The summed E-state index contributed by atoms with van der Waals surface area (Å²) >= 11 is 6.33. The minimum Gasteiger partial charge on any atom is -0.252 e. The van der Waals surface area contributed by atoms with Gasteiger partial charge in [-0.25, -0.2) is 0 Å². The summed E-state index contributed by atoms with van der Waals surface area (Å²) in [5, 5.41) is 1.91. The van der Waals surface area contributed by atoms with Gasteiger partial charge < -0.3 is 0 Å². The Labute approximate surface area is 108 Å². The number of fused-ring (bicyclic) bond motifs is 1. The lowest BCUT2D eigenvalue weighted by atomic mass is 10.0. The Morgan fingerprint density at radius 2 is 1.88 bits per heavy atom. The summed E-state index contributed by atoms with van der Waals surface area (Å²) in [6.07, 6.45) is 4.30. The average Bonchev–Trinajstić information content (AvgIpc) is 2.31. The lowest BCUT2D eigenvalue weighted by molar-refractivity contribution is 0.884. The molecule has 0 spiro atoms. The number of aryl methyl sites for hydroxylation is 2. The minimum absolute atomic E-state index is 0.830. The van der Waals surface area contributed by atoms with Crippen molar-refractivity contribution in [2.24, 2.45) is 0 Å². The first kappa shape index (κ1) is 12.4. The van der Waals surface area contributed by atoms with Gasteiger partial charge in [-0.2, -0.15) is 0 Å². The van der Waals surface area contributed by atoms with Gasteiger partial charge in [-0.05, 0) is 24.5 Å². The molecule has 0 fully saturated rings. The summed E-state index contributed by atoms with van der Waals surface area (Å²) in [6.45, 7) is 4.36. The molecular formula is C15H18ClN. The van der Waals surface area contributed by atoms with Gasteiger partial charge >= 0.3 is 0 Å². The zero-order valence-corrected chi connectivity index (χ0v) is 11.2. The summed E-state index contributed by atoms with van der Waals surface area (Å²) in [4.78, 5) is 4.76. The van der Waals surface area contributed by atoms with Crippen LogP contribution in [0.4, 0.5) is 0 Å². The second-order valence-corrected chi connectivity index (χ2v) is 4.82. The molecule has 0 unspecified atom stereocenters. The highest BCUT2D eigenvalue weighted by Gasteiger charge is 2.07. The molecule has 0 aliphatic carbocycles. The Kier molecular flexibility index (Phi) is 4.01. The van der Waals surface area contributed by atoms with Crippen molar-refractivity contribution in [3.05, 3.63) is 40.5 Å². The summed E-state index contributed by atoms with van der Waals surface area (Å²) in [5.74, 6) is 0. The van der Waals surface area contributed by atoms with E-state index in [4.69, 9.17) is 16.6 Å². The summed E-state index contributed by atoms with van der Waals surface area (Å²) in [6, 6.07) is 8.29. The van der Waals surface area contributed by atoms with Crippen molar-refractivity contribution in [2.75, 3.05) is 0 Å². The highest BCUT2D eigenvalue weighted by molar-refractivity contribution is 6.35. The molecule has 1 aromatic heterocycles. The molecule has 0 atom stereocenters. The molecule has 90 valence electrons. The second kappa shape index (κ2) is 5.50. The van der Waals surface area contributed by atoms with E-state index in [-0.39, 0.29) is 0 Å². The Morgan fingerprint density at radius 1 is 1.12 bits per heavy atom. The molecule has 0 radical (unpaired) electrons. The largest absolute Gasteiger partial charge is 0.252 e. The maximum atomic E-state index is 6.33. The number of rotatable bonds is 4. The number of para-hydroxylation sites is 1. The Hall–Kier alpha value is -1.08. The fraction of sp³-hybridized carbons (Fsp3) is 0.400. The number of nitrogens with zero attached hydrogens (tertiary/aromatic N) is 1. The van der Waals surface area contributed by atoms with E-state index < -0.39 is 0 Å². The van der Waals surface area contributed by atoms with Crippen LogP contribution in [0.15, 0.2) is 24.3 Å². The van der Waals surface area contributed by atoms with Crippen molar-refractivity contribution in [1.29, 1.82) is 0 Å². The third-order valence-electron chi connectivity index (χ3n) is 2.95. The number of hydrogen-bond acceptors (Lipinski definition) is 1. The van der Waals surface area contributed by atoms with Gasteiger partial charge in [-0.15, -0.1) is 0 Å². The van der Waals surface area contributed by atoms with Gasteiger partial charge in [0.15, 0.2) is 0 Å². The quantitative estimate of drug-likeness (QED) is 0.757. The van der Waals surface area contributed by atoms with Crippen LogP contribution in [0.25, 0.3) is 10.9 Å². The van der Waals surface area contributed by atoms with E-state index in [1.165, 1.54) is 5.56 Å². The van der Waals surface area contributed by atoms with Gasteiger partial charge in [0.25, 0.3) is 0 Å². The molecule has 0 aliphatic heterocycles. The lowest BCUT2D eigenvalue weighted by Crippen LogP contribution is -1.95. The fourth-order valence-corrected chi connectivity index (χ4v) is 2.45.